The highest BCUT2D eigenvalue weighted by Gasteiger charge is 2.45. The van der Waals surface area contributed by atoms with E-state index in [1.165, 1.54) is 23.1 Å². The molecule has 3 fully saturated rings. The fourth-order valence-corrected chi connectivity index (χ4v) is 8.47. The lowest BCUT2D eigenvalue weighted by molar-refractivity contribution is -0.138. The van der Waals surface area contributed by atoms with E-state index < -0.39 is 11.9 Å². The van der Waals surface area contributed by atoms with Crippen molar-refractivity contribution >= 4 is 24.3 Å². The van der Waals surface area contributed by atoms with Crippen LogP contribution in [0.3, 0.4) is 0 Å². The molecule has 5 aliphatic heterocycles. The summed E-state index contributed by atoms with van der Waals surface area (Å²) in [7, 11) is 0. The zero-order valence-corrected chi connectivity index (χ0v) is 24.7. The Kier molecular flexibility index (Phi) is 9.86. The van der Waals surface area contributed by atoms with Crippen LogP contribution in [-0.4, -0.2) is 70.5 Å². The molecule has 0 amide bonds. The number of halogens is 1. The summed E-state index contributed by atoms with van der Waals surface area (Å²) in [6.07, 6.45) is 9.22. The predicted octanol–water partition coefficient (Wildman–Crippen LogP) is 3.61. The van der Waals surface area contributed by atoms with Gasteiger partial charge in [-0.2, -0.15) is 0 Å². The number of hydrogen-bond acceptors (Lipinski definition) is 6. The average Bonchev–Trinajstić information content (AvgIpc) is 3.53. The van der Waals surface area contributed by atoms with Crippen molar-refractivity contribution in [1.82, 2.24) is 21.3 Å². The third-order valence-corrected chi connectivity index (χ3v) is 10.6. The van der Waals surface area contributed by atoms with Gasteiger partial charge in [-0.1, -0.05) is 36.6 Å². The summed E-state index contributed by atoms with van der Waals surface area (Å²) in [5.74, 6) is -0.186. The molecule has 0 aliphatic carbocycles. The van der Waals surface area contributed by atoms with Gasteiger partial charge in [0.15, 0.2) is 0 Å². The molecule has 5 heterocycles. The van der Waals surface area contributed by atoms with E-state index >= 15 is 0 Å². The Morgan fingerprint density at radius 3 is 2.26 bits per heavy atom. The Balaban J connectivity index is 0.00000353. The Labute approximate surface area is 239 Å². The normalized spacial score (nSPS) is 41.8. The number of rotatable bonds is 6. The second-order valence-corrected chi connectivity index (χ2v) is 13.1. The molecule has 0 aromatic heterocycles. The lowest BCUT2D eigenvalue weighted by atomic mass is 9.80. The van der Waals surface area contributed by atoms with Gasteiger partial charge >= 0.3 is 11.9 Å². The fraction of sp³-hybridized carbons (Fsp3) is 0.800. The second-order valence-electron chi connectivity index (χ2n) is 13.1. The van der Waals surface area contributed by atoms with E-state index in [1.54, 1.807) is 0 Å². The molecule has 11 atom stereocenters. The largest absolute Gasteiger partial charge is 0.481 e. The highest BCUT2D eigenvalue weighted by Crippen LogP contribution is 2.40. The van der Waals surface area contributed by atoms with Crippen LogP contribution in [0.5, 0.6) is 0 Å². The van der Waals surface area contributed by atoms with Crippen LogP contribution in [0.4, 0.5) is 0 Å². The number of nitrogens with one attached hydrogen (secondary N) is 4. The predicted molar refractivity (Wildman–Crippen MR) is 155 cm³/mol. The first-order chi connectivity index (χ1) is 18.1. The van der Waals surface area contributed by atoms with E-state index in [-0.39, 0.29) is 49.3 Å². The van der Waals surface area contributed by atoms with Gasteiger partial charge in [0, 0.05) is 61.2 Å². The lowest BCUT2D eigenvalue weighted by Crippen LogP contribution is -2.45. The molecule has 0 aromatic carbocycles. The Morgan fingerprint density at radius 2 is 1.54 bits per heavy atom. The zero-order valence-electron chi connectivity index (χ0n) is 23.9. The SMILES string of the molecule is CC1=CC2CC3NC(CC4NC(CC5NC(CC1N2)C(C)C5CCC(=O)O)C(CCC(=O)O)=C4C)CC3C.Cl. The van der Waals surface area contributed by atoms with Crippen LogP contribution >= 0.6 is 12.4 Å². The minimum absolute atomic E-state index is 0. The number of hydrogen-bond donors (Lipinski definition) is 6. The van der Waals surface area contributed by atoms with Crippen LogP contribution in [0.1, 0.15) is 85.5 Å². The number of aliphatic carboxylic acids is 2. The van der Waals surface area contributed by atoms with Crippen molar-refractivity contribution in [2.24, 2.45) is 17.8 Å². The molecule has 0 aromatic rings. The van der Waals surface area contributed by atoms with E-state index in [0.717, 1.165) is 25.7 Å². The molecule has 6 N–H and O–H groups in total. The van der Waals surface area contributed by atoms with Gasteiger partial charge in [-0.05, 0) is 76.5 Å². The molecular weight excluding hydrogens is 516 g/mol. The van der Waals surface area contributed by atoms with Gasteiger partial charge in [-0.15, -0.1) is 12.4 Å². The molecule has 8 bridgehead atoms. The van der Waals surface area contributed by atoms with Gasteiger partial charge in [-0.3, -0.25) is 9.59 Å². The third-order valence-electron chi connectivity index (χ3n) is 10.6. The highest BCUT2D eigenvalue weighted by molar-refractivity contribution is 5.85. The second kappa shape index (κ2) is 12.6. The molecule has 0 spiro atoms. The molecule has 39 heavy (non-hydrogen) atoms. The average molecular weight is 565 g/mol. The summed E-state index contributed by atoms with van der Waals surface area (Å²) >= 11 is 0. The summed E-state index contributed by atoms with van der Waals surface area (Å²) in [4.78, 5) is 23.0. The van der Waals surface area contributed by atoms with Gasteiger partial charge < -0.3 is 31.5 Å². The molecule has 5 aliphatic rings. The summed E-state index contributed by atoms with van der Waals surface area (Å²) in [5.41, 5.74) is 4.01. The topological polar surface area (TPSA) is 123 Å². The van der Waals surface area contributed by atoms with Gasteiger partial charge in [0.2, 0.25) is 0 Å². The third kappa shape index (κ3) is 6.72. The van der Waals surface area contributed by atoms with Gasteiger partial charge in [-0.25, -0.2) is 0 Å². The fourth-order valence-electron chi connectivity index (χ4n) is 8.47. The quantitative estimate of drug-likeness (QED) is 0.270. The number of carbonyl (C=O) groups is 2. The lowest BCUT2D eigenvalue weighted by Gasteiger charge is -2.27. The summed E-state index contributed by atoms with van der Waals surface area (Å²) < 4.78 is 0. The van der Waals surface area contributed by atoms with Crippen molar-refractivity contribution in [3.8, 4) is 0 Å². The van der Waals surface area contributed by atoms with Crippen molar-refractivity contribution in [1.29, 1.82) is 0 Å². The minimum Gasteiger partial charge on any atom is -0.481 e. The summed E-state index contributed by atoms with van der Waals surface area (Å²) in [6, 6.07) is 2.60. The molecule has 11 unspecified atom stereocenters. The van der Waals surface area contributed by atoms with Crippen molar-refractivity contribution < 1.29 is 19.8 Å². The highest BCUT2D eigenvalue weighted by atomic mass is 35.5. The smallest absolute Gasteiger partial charge is 0.303 e. The van der Waals surface area contributed by atoms with Crippen molar-refractivity contribution in [2.45, 2.75) is 134 Å². The molecule has 0 saturated carbocycles. The van der Waals surface area contributed by atoms with Crippen LogP contribution < -0.4 is 21.3 Å². The first-order valence-corrected chi connectivity index (χ1v) is 14.9. The van der Waals surface area contributed by atoms with Crippen LogP contribution in [-0.2, 0) is 9.59 Å². The Bertz CT molecular complexity index is 986. The van der Waals surface area contributed by atoms with Crippen LogP contribution in [0.25, 0.3) is 0 Å². The number of carboxylic acid groups (broad SMARTS) is 2. The first-order valence-electron chi connectivity index (χ1n) is 14.9. The molecule has 9 heteroatoms. The van der Waals surface area contributed by atoms with E-state index in [2.05, 4.69) is 55.0 Å². The summed E-state index contributed by atoms with van der Waals surface area (Å²) in [5, 5.41) is 34.7. The summed E-state index contributed by atoms with van der Waals surface area (Å²) in [6.45, 7) is 9.13. The van der Waals surface area contributed by atoms with Crippen LogP contribution in [0, 0.1) is 17.8 Å². The van der Waals surface area contributed by atoms with Crippen molar-refractivity contribution in [3.63, 3.8) is 0 Å². The molecule has 0 radical (unpaired) electrons. The van der Waals surface area contributed by atoms with Crippen LogP contribution in [0.2, 0.25) is 0 Å². The van der Waals surface area contributed by atoms with Gasteiger partial charge in [0.25, 0.3) is 0 Å². The standard InChI is InChI=1S/C30H48N4O4.ClH/c1-15-9-20-12-25-17(3)21(5-7-29(35)36)27(33-25)14-28-22(6-8-30(37)38)18(4)26(34-28)13-24-16(2)10-19(32-24)11-23(15)31-20;/h10,15,18-20,22-28,31-34H,5-9,11-14H2,1-4H3,(H,35,36)(H,37,38);1H. The van der Waals surface area contributed by atoms with Crippen LogP contribution in [0.15, 0.2) is 22.8 Å². The maximum atomic E-state index is 11.5. The monoisotopic (exact) mass is 564 g/mol. The molecular formula is C30H49ClN4O4. The molecule has 8 nitrogen and oxygen atoms in total. The Hall–Kier alpha value is -1.45. The Morgan fingerprint density at radius 1 is 0.821 bits per heavy atom. The van der Waals surface area contributed by atoms with Crippen molar-refractivity contribution in [2.75, 3.05) is 0 Å². The van der Waals surface area contributed by atoms with Crippen molar-refractivity contribution in [3.05, 3.63) is 22.8 Å². The van der Waals surface area contributed by atoms with E-state index in [4.69, 9.17) is 0 Å². The zero-order chi connectivity index (χ0) is 27.1. The van der Waals surface area contributed by atoms with Gasteiger partial charge in [0.05, 0.1) is 0 Å². The molecule has 3 saturated heterocycles. The van der Waals surface area contributed by atoms with E-state index in [0.29, 0.717) is 54.9 Å². The maximum absolute atomic E-state index is 11.5. The molecule has 5 rings (SSSR count). The number of fused-ring (bicyclic) bond motifs is 8. The van der Waals surface area contributed by atoms with E-state index in [9.17, 15) is 19.8 Å². The van der Waals surface area contributed by atoms with E-state index in [1.807, 2.05) is 0 Å². The minimum atomic E-state index is -0.752. The molecule has 220 valence electrons. The maximum Gasteiger partial charge on any atom is 0.303 e. The number of carboxylic acids is 2. The first kappa shape index (κ1) is 30.5. The van der Waals surface area contributed by atoms with Gasteiger partial charge in [0.1, 0.15) is 0 Å².